The Hall–Kier alpha value is -10.8. The van der Waals surface area contributed by atoms with Gasteiger partial charge in [-0.15, -0.1) is 0 Å². The minimum absolute atomic E-state index is 0.628. The van der Waals surface area contributed by atoms with Crippen LogP contribution in [0.15, 0.2) is 303 Å². The Kier molecular flexibility index (Phi) is 11.5. The summed E-state index contributed by atoms with van der Waals surface area (Å²) in [6, 6.07) is 104. The average Bonchev–Trinajstić information content (AvgIpc) is 1.61. The molecule has 390 valence electrons. The first kappa shape index (κ1) is 48.2. The maximum absolute atomic E-state index is 5.34. The van der Waals surface area contributed by atoms with Gasteiger partial charge in [-0.05, 0) is 146 Å². The van der Waals surface area contributed by atoms with Gasteiger partial charge in [0.25, 0.3) is 0 Å². The molecule has 5 heteroatoms. The van der Waals surface area contributed by atoms with E-state index in [0.717, 1.165) is 69.2 Å². The molecule has 5 nitrogen and oxygen atoms in total. The van der Waals surface area contributed by atoms with Crippen LogP contribution in [0.2, 0.25) is 0 Å². The van der Waals surface area contributed by atoms with Gasteiger partial charge in [-0.3, -0.25) is 0 Å². The zero-order valence-electron chi connectivity index (χ0n) is 45.4. The Morgan fingerprint density at radius 3 is 1.34 bits per heavy atom. The van der Waals surface area contributed by atoms with Crippen LogP contribution in [0, 0.1) is 0 Å². The topological polar surface area (TPSA) is 45.2 Å². The lowest BCUT2D eigenvalue weighted by Gasteiger charge is -2.35. The summed E-state index contributed by atoms with van der Waals surface area (Å²) in [4.78, 5) is 20.8. The summed E-state index contributed by atoms with van der Waals surface area (Å²) < 4.78 is 0. The summed E-state index contributed by atoms with van der Waals surface area (Å²) >= 11 is 0. The second kappa shape index (κ2) is 19.8. The minimum atomic E-state index is -0.725. The molecule has 16 rings (SSSR count). The van der Waals surface area contributed by atoms with E-state index >= 15 is 0 Å². The van der Waals surface area contributed by atoms with Crippen LogP contribution in [-0.4, -0.2) is 15.0 Å². The number of allylic oxidation sites excluding steroid dienone is 4. The highest BCUT2D eigenvalue weighted by Crippen LogP contribution is 2.65. The van der Waals surface area contributed by atoms with Gasteiger partial charge in [0, 0.05) is 50.2 Å². The van der Waals surface area contributed by atoms with Crippen molar-refractivity contribution >= 4 is 61.2 Å². The molecule has 1 unspecified atom stereocenters. The first-order chi connectivity index (χ1) is 41.2. The average molecular weight is 1060 g/mol. The summed E-state index contributed by atoms with van der Waals surface area (Å²) in [6.07, 6.45) is 6.58. The number of rotatable bonds is 10. The van der Waals surface area contributed by atoms with E-state index in [9.17, 15) is 0 Å². The standard InChI is InChI=1S/C78H53N5/c1-5-22-52(23-6-1)57-32-19-35-60(48-57)83(74-41-21-31-54-25-14-16-37-64(54)74)62-44-47-68-67-46-43-61(82(59-33-11-4-12-34-59)73-40-20-30-53-24-13-15-36-63(53)73)50-71(67)78(72(68)51-62)69-39-18-17-38-65(69)66-45-42-58(49-70(66)78)77-80-75(55-26-7-2-8-27-55)79-76(81-77)56-28-9-3-10-29-56/h1-17,19-38,40-51H,18,39H2. The second-order valence-corrected chi connectivity index (χ2v) is 21.8. The van der Waals surface area contributed by atoms with Gasteiger partial charge in [0.1, 0.15) is 0 Å². The molecule has 1 heterocycles. The third-order valence-electron chi connectivity index (χ3n) is 17.2. The number of nitrogens with zero attached hydrogens (tertiary/aromatic N) is 5. The molecule has 0 amide bonds. The molecule has 0 fully saturated rings. The largest absolute Gasteiger partial charge is 0.310 e. The lowest BCUT2D eigenvalue weighted by atomic mass is 9.67. The fourth-order valence-corrected chi connectivity index (χ4v) is 13.5. The molecule has 83 heavy (non-hydrogen) atoms. The molecule has 3 aliphatic carbocycles. The number of hydrogen-bond acceptors (Lipinski definition) is 5. The zero-order valence-corrected chi connectivity index (χ0v) is 45.4. The molecular weight excluding hydrogens is 1010 g/mol. The lowest BCUT2D eigenvalue weighted by Crippen LogP contribution is -2.28. The number of anilines is 6. The van der Waals surface area contributed by atoms with Gasteiger partial charge in [-0.25, -0.2) is 15.0 Å². The second-order valence-electron chi connectivity index (χ2n) is 21.8. The van der Waals surface area contributed by atoms with Crippen LogP contribution in [0.25, 0.3) is 83.5 Å². The Morgan fingerprint density at radius 1 is 0.313 bits per heavy atom. The van der Waals surface area contributed by atoms with Crippen LogP contribution in [-0.2, 0) is 5.41 Å². The Labute approximate surface area is 483 Å². The molecule has 0 aliphatic heterocycles. The number of benzene rings is 12. The van der Waals surface area contributed by atoms with Crippen LogP contribution < -0.4 is 9.80 Å². The molecular formula is C78H53N5. The number of hydrogen-bond donors (Lipinski definition) is 0. The van der Waals surface area contributed by atoms with Crippen LogP contribution >= 0.6 is 0 Å². The molecule has 0 saturated carbocycles. The predicted molar refractivity (Wildman–Crippen MR) is 343 cm³/mol. The molecule has 1 aromatic heterocycles. The molecule has 12 aromatic carbocycles. The molecule has 1 spiro atoms. The predicted octanol–water partition coefficient (Wildman–Crippen LogP) is 20.2. The van der Waals surface area contributed by atoms with Crippen molar-refractivity contribution in [1.82, 2.24) is 15.0 Å². The SMILES string of the molecule is C1=CC2=C(CC1)C1(c3cc(-c4nc(-c5ccccc5)nc(-c5ccccc5)n4)ccc32)c2cc(N(c3ccccc3)c3cccc4ccccc34)ccc2-c2ccc(N(c3cccc(-c4ccccc4)c3)c3cccc4ccccc34)cc21. The van der Waals surface area contributed by atoms with Crippen molar-refractivity contribution < 1.29 is 0 Å². The van der Waals surface area contributed by atoms with E-state index in [1.807, 2.05) is 36.4 Å². The van der Waals surface area contributed by atoms with Crippen molar-refractivity contribution in [2.45, 2.75) is 18.3 Å². The van der Waals surface area contributed by atoms with Gasteiger partial charge < -0.3 is 9.80 Å². The fraction of sp³-hybridized carbons (Fsp3) is 0.0385. The highest BCUT2D eigenvalue weighted by atomic mass is 15.2. The third-order valence-corrected chi connectivity index (χ3v) is 17.2. The summed E-state index contributed by atoms with van der Waals surface area (Å²) in [7, 11) is 0. The van der Waals surface area contributed by atoms with Crippen molar-refractivity contribution in [1.29, 1.82) is 0 Å². The van der Waals surface area contributed by atoms with Gasteiger partial charge in [0.15, 0.2) is 17.5 Å². The summed E-state index contributed by atoms with van der Waals surface area (Å²) in [5, 5.41) is 4.75. The monoisotopic (exact) mass is 1060 g/mol. The fourth-order valence-electron chi connectivity index (χ4n) is 13.5. The van der Waals surface area contributed by atoms with Gasteiger partial charge in [0.2, 0.25) is 0 Å². The van der Waals surface area contributed by atoms with Crippen molar-refractivity contribution in [2.75, 3.05) is 9.80 Å². The molecule has 0 radical (unpaired) electrons. The van der Waals surface area contributed by atoms with E-state index in [4.69, 9.17) is 15.0 Å². The normalized spacial score (nSPS) is 14.6. The molecule has 13 aromatic rings. The van der Waals surface area contributed by atoms with Crippen molar-refractivity contribution in [3.8, 4) is 56.4 Å². The highest BCUT2D eigenvalue weighted by molar-refractivity contribution is 6.04. The number of aromatic nitrogens is 3. The maximum Gasteiger partial charge on any atom is 0.164 e. The van der Waals surface area contributed by atoms with Gasteiger partial charge in [0.05, 0.1) is 16.8 Å². The van der Waals surface area contributed by atoms with Crippen molar-refractivity contribution in [2.24, 2.45) is 0 Å². The molecule has 0 bridgehead atoms. The summed E-state index contributed by atoms with van der Waals surface area (Å²) in [5.41, 5.74) is 21.1. The summed E-state index contributed by atoms with van der Waals surface area (Å²) in [6.45, 7) is 0. The minimum Gasteiger partial charge on any atom is -0.310 e. The zero-order chi connectivity index (χ0) is 54.8. The molecule has 0 N–H and O–H groups in total. The molecule has 3 aliphatic rings. The van der Waals surface area contributed by atoms with E-state index < -0.39 is 5.41 Å². The Morgan fingerprint density at radius 2 is 0.747 bits per heavy atom. The van der Waals surface area contributed by atoms with Gasteiger partial charge in [-0.2, -0.15) is 0 Å². The Bertz CT molecular complexity index is 4670. The maximum atomic E-state index is 5.34. The van der Waals surface area contributed by atoms with Crippen molar-refractivity contribution in [3.63, 3.8) is 0 Å². The Balaban J connectivity index is 0.977. The lowest BCUT2D eigenvalue weighted by molar-refractivity contribution is 0.714. The van der Waals surface area contributed by atoms with E-state index in [1.165, 1.54) is 71.6 Å². The van der Waals surface area contributed by atoms with Gasteiger partial charge in [-0.1, -0.05) is 231 Å². The first-order valence-corrected chi connectivity index (χ1v) is 28.6. The third kappa shape index (κ3) is 7.95. The molecule has 1 atom stereocenters. The van der Waals surface area contributed by atoms with Crippen LogP contribution in [0.5, 0.6) is 0 Å². The van der Waals surface area contributed by atoms with E-state index in [1.54, 1.807) is 0 Å². The first-order valence-electron chi connectivity index (χ1n) is 28.6. The van der Waals surface area contributed by atoms with Crippen LogP contribution in [0.4, 0.5) is 34.1 Å². The number of para-hydroxylation sites is 1. The van der Waals surface area contributed by atoms with Crippen LogP contribution in [0.1, 0.15) is 35.1 Å². The quantitative estimate of drug-likeness (QED) is 0.137. The van der Waals surface area contributed by atoms with Crippen molar-refractivity contribution in [3.05, 3.63) is 325 Å². The highest BCUT2D eigenvalue weighted by Gasteiger charge is 2.53. The van der Waals surface area contributed by atoms with Crippen LogP contribution in [0.3, 0.4) is 0 Å². The smallest absolute Gasteiger partial charge is 0.164 e. The van der Waals surface area contributed by atoms with E-state index in [-0.39, 0.29) is 0 Å². The molecule has 0 saturated heterocycles. The van der Waals surface area contributed by atoms with Gasteiger partial charge >= 0.3 is 0 Å². The number of fused-ring (bicyclic) bond motifs is 11. The van der Waals surface area contributed by atoms with E-state index in [2.05, 4.69) is 271 Å². The van der Waals surface area contributed by atoms with E-state index in [0.29, 0.717) is 17.5 Å². The summed E-state index contributed by atoms with van der Waals surface area (Å²) in [5.74, 6) is 1.90.